The summed E-state index contributed by atoms with van der Waals surface area (Å²) in [4.78, 5) is 23.9. The Balaban J connectivity index is 2.23. The van der Waals surface area contributed by atoms with Gasteiger partial charge in [-0.2, -0.15) is 0 Å². The lowest BCUT2D eigenvalue weighted by Crippen LogP contribution is -2.29. The summed E-state index contributed by atoms with van der Waals surface area (Å²) < 4.78 is 1.64. The smallest absolute Gasteiger partial charge is 0.337 e. The molecule has 4 heteroatoms. The molecule has 0 spiro atoms. The Morgan fingerprint density at radius 2 is 2.00 bits per heavy atom. The third-order valence-corrected chi connectivity index (χ3v) is 4.32. The number of nitrogens with zero attached hydrogens (tertiary/aromatic N) is 1. The molecule has 1 atom stereocenters. The van der Waals surface area contributed by atoms with Crippen LogP contribution in [-0.4, -0.2) is 15.6 Å². The molecule has 3 rings (SSSR count). The van der Waals surface area contributed by atoms with Gasteiger partial charge in [-0.1, -0.05) is 24.3 Å². The van der Waals surface area contributed by atoms with E-state index in [1.54, 1.807) is 18.4 Å². The van der Waals surface area contributed by atoms with E-state index < -0.39 is 5.97 Å². The topological polar surface area (TPSA) is 59.3 Å². The first-order chi connectivity index (χ1) is 10.0. The van der Waals surface area contributed by atoms with Gasteiger partial charge in [-0.05, 0) is 43.4 Å². The van der Waals surface area contributed by atoms with Crippen molar-refractivity contribution in [1.29, 1.82) is 0 Å². The maximum absolute atomic E-state index is 12.4. The fraction of sp³-hybridized carbons (Fsp3) is 0.294. The second-order valence-electron chi connectivity index (χ2n) is 5.55. The van der Waals surface area contributed by atoms with Gasteiger partial charge in [0.25, 0.3) is 5.56 Å². The molecule has 0 fully saturated rings. The Morgan fingerprint density at radius 3 is 2.71 bits per heavy atom. The van der Waals surface area contributed by atoms with Gasteiger partial charge < -0.3 is 9.67 Å². The van der Waals surface area contributed by atoms with Gasteiger partial charge >= 0.3 is 5.97 Å². The molecule has 1 unspecified atom stereocenters. The van der Waals surface area contributed by atoms with Crippen molar-refractivity contribution in [3.05, 3.63) is 68.6 Å². The van der Waals surface area contributed by atoms with Crippen LogP contribution in [0.25, 0.3) is 0 Å². The zero-order valence-corrected chi connectivity index (χ0v) is 12.1. The summed E-state index contributed by atoms with van der Waals surface area (Å²) in [5, 5.41) is 9.38. The predicted octanol–water partition coefficient (Wildman–Crippen LogP) is 2.70. The molecule has 0 saturated carbocycles. The number of benzene rings is 1. The lowest BCUT2D eigenvalue weighted by Gasteiger charge is -2.20. The number of aromatic nitrogens is 1. The van der Waals surface area contributed by atoms with Crippen LogP contribution in [0.15, 0.2) is 35.1 Å². The first-order valence-electron chi connectivity index (χ1n) is 7.04. The van der Waals surface area contributed by atoms with Gasteiger partial charge in [-0.25, -0.2) is 4.79 Å². The number of aromatic carboxylic acids is 1. The van der Waals surface area contributed by atoms with E-state index in [9.17, 15) is 14.7 Å². The summed E-state index contributed by atoms with van der Waals surface area (Å²) in [5.41, 5.74) is 3.53. The maximum Gasteiger partial charge on any atom is 0.337 e. The van der Waals surface area contributed by atoms with E-state index in [2.05, 4.69) is 6.07 Å². The summed E-state index contributed by atoms with van der Waals surface area (Å²) in [6.45, 7) is 3.39. The van der Waals surface area contributed by atoms with Crippen LogP contribution in [0, 0.1) is 13.8 Å². The highest BCUT2D eigenvalue weighted by Crippen LogP contribution is 2.34. The van der Waals surface area contributed by atoms with Crippen molar-refractivity contribution in [2.75, 3.05) is 0 Å². The van der Waals surface area contributed by atoms with E-state index in [-0.39, 0.29) is 17.2 Å². The highest BCUT2D eigenvalue weighted by atomic mass is 16.4. The van der Waals surface area contributed by atoms with E-state index in [1.165, 1.54) is 11.6 Å². The molecule has 4 nitrogen and oxygen atoms in total. The van der Waals surface area contributed by atoms with Gasteiger partial charge in [-0.3, -0.25) is 4.79 Å². The first kappa shape index (κ1) is 13.6. The van der Waals surface area contributed by atoms with Crippen molar-refractivity contribution in [2.24, 2.45) is 0 Å². The fourth-order valence-electron chi connectivity index (χ4n) is 3.41. The summed E-state index contributed by atoms with van der Waals surface area (Å²) in [6.07, 6.45) is 1.76. The molecule has 21 heavy (non-hydrogen) atoms. The van der Waals surface area contributed by atoms with E-state index in [0.717, 1.165) is 18.4 Å². The first-order valence-corrected chi connectivity index (χ1v) is 7.04. The summed E-state index contributed by atoms with van der Waals surface area (Å²) in [5.74, 6) is -0.981. The van der Waals surface area contributed by atoms with E-state index in [4.69, 9.17) is 0 Å². The molecular formula is C17H17NO3. The lowest BCUT2D eigenvalue weighted by atomic mass is 10.0. The number of fused-ring (bicyclic) bond motifs is 1. The van der Waals surface area contributed by atoms with Crippen molar-refractivity contribution in [3.8, 4) is 0 Å². The molecule has 108 valence electrons. The molecule has 1 aromatic heterocycles. The number of carboxylic acid groups (broad SMARTS) is 1. The Hall–Kier alpha value is -2.36. The van der Waals surface area contributed by atoms with Crippen molar-refractivity contribution >= 4 is 5.97 Å². The van der Waals surface area contributed by atoms with Gasteiger partial charge in [0.2, 0.25) is 0 Å². The maximum atomic E-state index is 12.4. The van der Waals surface area contributed by atoms with Crippen LogP contribution in [0.3, 0.4) is 0 Å². The molecule has 1 aliphatic carbocycles. The van der Waals surface area contributed by atoms with Crippen molar-refractivity contribution in [2.45, 2.75) is 32.7 Å². The van der Waals surface area contributed by atoms with Crippen molar-refractivity contribution in [3.63, 3.8) is 0 Å². The average molecular weight is 283 g/mol. The molecule has 0 aliphatic heterocycles. The largest absolute Gasteiger partial charge is 0.478 e. The zero-order valence-electron chi connectivity index (χ0n) is 12.1. The summed E-state index contributed by atoms with van der Waals surface area (Å²) >= 11 is 0. The SMILES string of the molecule is Cc1cc(=O)n(C2CCc3ccccc32)c(C)c1C(=O)O. The van der Waals surface area contributed by atoms with E-state index >= 15 is 0 Å². The average Bonchev–Trinajstić information content (AvgIpc) is 2.82. The van der Waals surface area contributed by atoms with Crippen LogP contribution >= 0.6 is 0 Å². The number of carboxylic acids is 1. The standard InChI is InChI=1S/C17H17NO3/c1-10-9-15(19)18(11(2)16(10)17(20)21)14-8-7-12-5-3-4-6-13(12)14/h3-6,9,14H,7-8H2,1-2H3,(H,20,21). The third kappa shape index (κ3) is 2.07. The number of pyridine rings is 1. The molecular weight excluding hydrogens is 266 g/mol. The molecule has 0 bridgehead atoms. The highest BCUT2D eigenvalue weighted by molar-refractivity contribution is 5.90. The normalized spacial score (nSPS) is 16.8. The zero-order chi connectivity index (χ0) is 15.1. The van der Waals surface area contributed by atoms with Crippen LogP contribution < -0.4 is 5.56 Å². The number of aryl methyl sites for hydroxylation is 2. The Labute approximate surface area is 122 Å². The van der Waals surface area contributed by atoms with Crippen LogP contribution in [0.1, 0.15) is 45.2 Å². The quantitative estimate of drug-likeness (QED) is 0.922. The summed E-state index contributed by atoms with van der Waals surface area (Å²) in [7, 11) is 0. The van der Waals surface area contributed by atoms with Gasteiger partial charge in [0.1, 0.15) is 0 Å². The number of carbonyl (C=O) groups is 1. The summed E-state index contributed by atoms with van der Waals surface area (Å²) in [6, 6.07) is 9.42. The number of hydrogen-bond donors (Lipinski definition) is 1. The minimum Gasteiger partial charge on any atom is -0.478 e. The van der Waals surface area contributed by atoms with E-state index in [0.29, 0.717) is 11.3 Å². The van der Waals surface area contributed by atoms with Crippen molar-refractivity contribution in [1.82, 2.24) is 4.57 Å². The number of hydrogen-bond acceptors (Lipinski definition) is 2. The molecule has 2 aromatic rings. The molecule has 0 radical (unpaired) electrons. The predicted molar refractivity (Wildman–Crippen MR) is 80.0 cm³/mol. The van der Waals surface area contributed by atoms with Gasteiger partial charge in [0.05, 0.1) is 11.6 Å². The Kier molecular flexibility index (Phi) is 3.16. The molecule has 1 aromatic carbocycles. The molecule has 0 amide bonds. The highest BCUT2D eigenvalue weighted by Gasteiger charge is 2.27. The molecule has 0 saturated heterocycles. The second kappa shape index (κ2) is 4.88. The minimum absolute atomic E-state index is 0.0626. The van der Waals surface area contributed by atoms with E-state index in [1.807, 2.05) is 18.2 Å². The molecule has 1 heterocycles. The van der Waals surface area contributed by atoms with Crippen LogP contribution in [0.2, 0.25) is 0 Å². The van der Waals surface area contributed by atoms with Crippen molar-refractivity contribution < 1.29 is 9.90 Å². The fourth-order valence-corrected chi connectivity index (χ4v) is 3.41. The van der Waals surface area contributed by atoms with Crippen LogP contribution in [0.5, 0.6) is 0 Å². The van der Waals surface area contributed by atoms with Gasteiger partial charge in [0, 0.05) is 11.8 Å². The Morgan fingerprint density at radius 1 is 1.29 bits per heavy atom. The lowest BCUT2D eigenvalue weighted by molar-refractivity contribution is 0.0694. The second-order valence-corrected chi connectivity index (χ2v) is 5.55. The van der Waals surface area contributed by atoms with Crippen LogP contribution in [-0.2, 0) is 6.42 Å². The molecule has 1 N–H and O–H groups in total. The van der Waals surface area contributed by atoms with Gasteiger partial charge in [0.15, 0.2) is 0 Å². The minimum atomic E-state index is -0.981. The van der Waals surface area contributed by atoms with Gasteiger partial charge in [-0.15, -0.1) is 0 Å². The molecule has 1 aliphatic rings. The monoisotopic (exact) mass is 283 g/mol. The van der Waals surface area contributed by atoms with Crippen LogP contribution in [0.4, 0.5) is 0 Å². The Bertz CT molecular complexity index is 789. The third-order valence-electron chi connectivity index (χ3n) is 4.32. The number of rotatable bonds is 2.